The number of rotatable bonds is 9. The predicted molar refractivity (Wildman–Crippen MR) is 129 cm³/mol. The fourth-order valence-electron chi connectivity index (χ4n) is 3.34. The van der Waals surface area contributed by atoms with E-state index in [1.54, 1.807) is 24.3 Å². The molecule has 0 amide bonds. The molecule has 0 radical (unpaired) electrons. The van der Waals surface area contributed by atoms with E-state index in [9.17, 15) is 9.90 Å². The van der Waals surface area contributed by atoms with Crippen molar-refractivity contribution in [1.82, 2.24) is 0 Å². The second-order valence-electron chi connectivity index (χ2n) is 8.46. The average Bonchev–Trinajstić information content (AvgIpc) is 2.78. The van der Waals surface area contributed by atoms with Gasteiger partial charge in [-0.2, -0.15) is 0 Å². The van der Waals surface area contributed by atoms with Crippen LogP contribution in [0.3, 0.4) is 0 Å². The Labute approximate surface area is 190 Å². The zero-order valence-corrected chi connectivity index (χ0v) is 19.0. The second kappa shape index (κ2) is 10.2. The molecule has 3 aromatic carbocycles. The molecule has 0 saturated heterocycles. The maximum atomic E-state index is 11.2. The van der Waals surface area contributed by atoms with E-state index in [4.69, 9.17) is 9.47 Å². The van der Waals surface area contributed by atoms with Crippen LogP contribution in [-0.4, -0.2) is 23.3 Å². The summed E-state index contributed by atoms with van der Waals surface area (Å²) in [5.41, 5.74) is 3.53. The van der Waals surface area contributed by atoms with Crippen LogP contribution >= 0.6 is 0 Å². The Kier molecular flexibility index (Phi) is 7.37. The number of aliphatic carboxylic acids is 1. The van der Waals surface area contributed by atoms with E-state index >= 15 is 0 Å². The largest absolute Gasteiger partial charge is 0.490 e. The Hall–Kier alpha value is -3.53. The minimum Gasteiger partial charge on any atom is -0.490 e. The molecule has 0 heterocycles. The van der Waals surface area contributed by atoms with Gasteiger partial charge in [0.25, 0.3) is 0 Å². The molecule has 3 aromatic rings. The maximum Gasteiger partial charge on any atom is 0.347 e. The van der Waals surface area contributed by atoms with Gasteiger partial charge in [-0.15, -0.1) is 0 Å². The summed E-state index contributed by atoms with van der Waals surface area (Å²) < 4.78 is 11.4. The molecular weight excluding hydrogens is 400 g/mol. The van der Waals surface area contributed by atoms with Crippen LogP contribution in [0.1, 0.15) is 33.3 Å². The van der Waals surface area contributed by atoms with Gasteiger partial charge in [0.2, 0.25) is 0 Å². The predicted octanol–water partition coefficient (Wildman–Crippen LogP) is 6.71. The van der Waals surface area contributed by atoms with Crippen molar-refractivity contribution >= 4 is 11.5 Å². The molecular formula is C28H30O4. The minimum absolute atomic E-state index is 0.357. The van der Waals surface area contributed by atoms with Crippen molar-refractivity contribution in [3.05, 3.63) is 90.5 Å². The molecule has 0 aromatic heterocycles. The van der Waals surface area contributed by atoms with Gasteiger partial charge in [-0.3, -0.25) is 0 Å². The molecule has 0 fully saturated rings. The van der Waals surface area contributed by atoms with Gasteiger partial charge in [-0.05, 0) is 72.4 Å². The molecule has 0 aliphatic rings. The van der Waals surface area contributed by atoms with Crippen molar-refractivity contribution in [2.24, 2.45) is 5.92 Å². The molecule has 32 heavy (non-hydrogen) atoms. The van der Waals surface area contributed by atoms with Gasteiger partial charge in [0.1, 0.15) is 18.1 Å². The SMILES string of the molecule is CC(C)/C(=C/COc1ccc(OC(C)(C)C(=O)O)cc1)c1ccc(-c2ccccc2)cc1. The molecule has 0 spiro atoms. The van der Waals surface area contributed by atoms with Gasteiger partial charge in [0.05, 0.1) is 0 Å². The van der Waals surface area contributed by atoms with Crippen LogP contribution in [0.15, 0.2) is 84.9 Å². The molecule has 4 heteroatoms. The first-order valence-corrected chi connectivity index (χ1v) is 10.8. The Morgan fingerprint density at radius 3 is 2.00 bits per heavy atom. The number of benzene rings is 3. The number of carboxylic acid groups (broad SMARTS) is 1. The van der Waals surface area contributed by atoms with E-state index in [0.29, 0.717) is 24.0 Å². The lowest BCUT2D eigenvalue weighted by Crippen LogP contribution is -2.37. The lowest BCUT2D eigenvalue weighted by Gasteiger charge is -2.21. The smallest absolute Gasteiger partial charge is 0.347 e. The van der Waals surface area contributed by atoms with E-state index in [1.165, 1.54) is 36.1 Å². The van der Waals surface area contributed by atoms with Gasteiger partial charge in [-0.1, -0.05) is 68.4 Å². The lowest BCUT2D eigenvalue weighted by molar-refractivity contribution is -0.152. The lowest BCUT2D eigenvalue weighted by atomic mass is 9.93. The highest BCUT2D eigenvalue weighted by Crippen LogP contribution is 2.27. The van der Waals surface area contributed by atoms with Crippen LogP contribution in [-0.2, 0) is 4.79 Å². The van der Waals surface area contributed by atoms with Crippen molar-refractivity contribution in [1.29, 1.82) is 0 Å². The molecule has 0 atom stereocenters. The first-order valence-electron chi connectivity index (χ1n) is 10.8. The van der Waals surface area contributed by atoms with E-state index in [0.717, 1.165) is 0 Å². The van der Waals surface area contributed by atoms with Crippen LogP contribution in [0.2, 0.25) is 0 Å². The third-order valence-electron chi connectivity index (χ3n) is 5.21. The van der Waals surface area contributed by atoms with Gasteiger partial charge < -0.3 is 14.6 Å². The maximum absolute atomic E-state index is 11.2. The van der Waals surface area contributed by atoms with E-state index in [-0.39, 0.29) is 0 Å². The minimum atomic E-state index is -1.28. The number of carbonyl (C=O) groups is 1. The molecule has 0 saturated carbocycles. The topological polar surface area (TPSA) is 55.8 Å². The summed E-state index contributed by atoms with van der Waals surface area (Å²) in [4.78, 5) is 11.2. The molecule has 0 bridgehead atoms. The Morgan fingerprint density at radius 1 is 0.875 bits per heavy atom. The highest BCUT2D eigenvalue weighted by atomic mass is 16.5. The van der Waals surface area contributed by atoms with Crippen LogP contribution in [0, 0.1) is 5.92 Å². The third-order valence-corrected chi connectivity index (χ3v) is 5.21. The molecule has 0 aliphatic heterocycles. The van der Waals surface area contributed by atoms with Crippen molar-refractivity contribution in [3.63, 3.8) is 0 Å². The summed E-state index contributed by atoms with van der Waals surface area (Å²) in [5.74, 6) is 0.530. The summed E-state index contributed by atoms with van der Waals surface area (Å²) in [7, 11) is 0. The average molecular weight is 431 g/mol. The number of ether oxygens (including phenoxy) is 2. The summed E-state index contributed by atoms with van der Waals surface area (Å²) >= 11 is 0. The van der Waals surface area contributed by atoms with Gasteiger partial charge in [0, 0.05) is 0 Å². The highest BCUT2D eigenvalue weighted by molar-refractivity contribution is 5.76. The van der Waals surface area contributed by atoms with Crippen molar-refractivity contribution in [2.75, 3.05) is 6.61 Å². The summed E-state index contributed by atoms with van der Waals surface area (Å²) in [6.07, 6.45) is 2.11. The quantitative estimate of drug-likeness (QED) is 0.410. The Morgan fingerprint density at radius 2 is 1.44 bits per heavy atom. The molecule has 1 N–H and O–H groups in total. The number of carboxylic acids is 1. The zero-order chi connectivity index (χ0) is 23.1. The molecule has 0 aliphatic carbocycles. The highest BCUT2D eigenvalue weighted by Gasteiger charge is 2.29. The first kappa shape index (κ1) is 23.1. The van der Waals surface area contributed by atoms with Crippen LogP contribution < -0.4 is 9.47 Å². The van der Waals surface area contributed by atoms with Crippen LogP contribution in [0.5, 0.6) is 11.5 Å². The number of allylic oxidation sites excluding steroid dienone is 1. The van der Waals surface area contributed by atoms with Crippen molar-refractivity contribution in [3.8, 4) is 22.6 Å². The van der Waals surface area contributed by atoms with Gasteiger partial charge in [0.15, 0.2) is 5.60 Å². The van der Waals surface area contributed by atoms with E-state index in [2.05, 4.69) is 56.3 Å². The molecule has 4 nitrogen and oxygen atoms in total. The van der Waals surface area contributed by atoms with Crippen molar-refractivity contribution < 1.29 is 19.4 Å². The van der Waals surface area contributed by atoms with E-state index in [1.807, 2.05) is 18.2 Å². The van der Waals surface area contributed by atoms with Crippen molar-refractivity contribution in [2.45, 2.75) is 33.3 Å². The van der Waals surface area contributed by atoms with Crippen LogP contribution in [0.25, 0.3) is 16.7 Å². The zero-order valence-electron chi connectivity index (χ0n) is 19.0. The molecule has 0 unspecified atom stereocenters. The van der Waals surface area contributed by atoms with Gasteiger partial charge in [-0.25, -0.2) is 4.79 Å². The van der Waals surface area contributed by atoms with Crippen LogP contribution in [0.4, 0.5) is 0 Å². The van der Waals surface area contributed by atoms with E-state index < -0.39 is 11.6 Å². The molecule has 3 rings (SSSR count). The number of hydrogen-bond donors (Lipinski definition) is 1. The number of hydrogen-bond acceptors (Lipinski definition) is 3. The molecule has 166 valence electrons. The fraction of sp³-hybridized carbons (Fsp3) is 0.250. The monoisotopic (exact) mass is 430 g/mol. The Balaban J connectivity index is 1.65. The summed E-state index contributed by atoms with van der Waals surface area (Å²) in [5, 5.41) is 9.18. The van der Waals surface area contributed by atoms with Gasteiger partial charge >= 0.3 is 5.97 Å². The fourth-order valence-corrected chi connectivity index (χ4v) is 3.34. The standard InChI is InChI=1S/C28H30O4/c1-20(2)26(23-12-10-22(11-13-23)21-8-6-5-7-9-21)18-19-31-24-14-16-25(17-15-24)32-28(3,4)27(29)30/h5-18,20H,19H2,1-4H3,(H,29,30)/b26-18-. The third kappa shape index (κ3) is 6.01. The first-order chi connectivity index (χ1) is 15.3. The summed E-state index contributed by atoms with van der Waals surface area (Å²) in [6, 6.07) is 26.0. The normalized spacial score (nSPS) is 12.0. The second-order valence-corrected chi connectivity index (χ2v) is 8.46. The Bertz CT molecular complexity index is 1050. The summed E-state index contributed by atoms with van der Waals surface area (Å²) in [6.45, 7) is 7.82.